The van der Waals surface area contributed by atoms with E-state index < -0.39 is 0 Å². The lowest BCUT2D eigenvalue weighted by Crippen LogP contribution is -2.52. The number of hydrogen-bond donors (Lipinski definition) is 0. The van der Waals surface area contributed by atoms with Gasteiger partial charge >= 0.3 is 0 Å². The summed E-state index contributed by atoms with van der Waals surface area (Å²) in [6.45, 7) is 5.74. The summed E-state index contributed by atoms with van der Waals surface area (Å²) in [5, 5.41) is 0. The first-order valence-corrected chi connectivity index (χ1v) is 9.60. The van der Waals surface area contributed by atoms with E-state index in [1.165, 1.54) is 0 Å². The van der Waals surface area contributed by atoms with Gasteiger partial charge in [-0.15, -0.1) is 0 Å². The molecule has 0 bridgehead atoms. The second kappa shape index (κ2) is 7.46. The summed E-state index contributed by atoms with van der Waals surface area (Å²) < 4.78 is 2.07. The maximum atomic E-state index is 12.7. The van der Waals surface area contributed by atoms with E-state index in [-0.39, 0.29) is 18.4 Å². The number of aryl methyl sites for hydroxylation is 3. The Kier molecular flexibility index (Phi) is 4.86. The number of piperazine rings is 1. The topological polar surface area (TPSA) is 58.4 Å². The molecule has 1 aliphatic heterocycles. The van der Waals surface area contributed by atoms with Crippen LogP contribution < -0.4 is 4.90 Å². The second-order valence-corrected chi connectivity index (χ2v) is 7.20. The van der Waals surface area contributed by atoms with Gasteiger partial charge in [0.05, 0.1) is 11.0 Å². The van der Waals surface area contributed by atoms with Crippen LogP contribution in [0.4, 0.5) is 5.69 Å². The molecule has 0 spiro atoms. The number of hydrogen-bond acceptors (Lipinski definition) is 3. The minimum Gasteiger partial charge on any atom is -0.332 e. The van der Waals surface area contributed by atoms with Crippen molar-refractivity contribution >= 4 is 28.5 Å². The standard InChI is InChI=1S/C22H24N4O2/c1-16-7-3-5-9-19(16)26-14-13-24(15-22(26)28)21(27)11-12-25-17(2)23-18-8-4-6-10-20(18)25/h3-10H,11-15H2,1-2H3. The van der Waals surface area contributed by atoms with Gasteiger partial charge in [-0.3, -0.25) is 9.59 Å². The van der Waals surface area contributed by atoms with Gasteiger partial charge in [-0.05, 0) is 37.6 Å². The van der Waals surface area contributed by atoms with Gasteiger partial charge in [0.15, 0.2) is 0 Å². The van der Waals surface area contributed by atoms with Gasteiger partial charge in [0.2, 0.25) is 11.8 Å². The third kappa shape index (κ3) is 3.38. The molecule has 0 saturated carbocycles. The zero-order valence-corrected chi connectivity index (χ0v) is 16.3. The molecule has 3 aromatic rings. The predicted octanol–water partition coefficient (Wildman–Crippen LogP) is 2.92. The Morgan fingerprint density at radius 3 is 2.57 bits per heavy atom. The number of nitrogens with zero attached hydrogens (tertiary/aromatic N) is 4. The summed E-state index contributed by atoms with van der Waals surface area (Å²) in [4.78, 5) is 33.4. The number of benzene rings is 2. The van der Waals surface area contributed by atoms with Crippen molar-refractivity contribution in [2.24, 2.45) is 0 Å². The van der Waals surface area contributed by atoms with E-state index in [1.54, 1.807) is 9.80 Å². The van der Waals surface area contributed by atoms with Crippen LogP contribution in [-0.2, 0) is 16.1 Å². The lowest BCUT2D eigenvalue weighted by molar-refractivity contribution is -0.137. The molecule has 2 amide bonds. The van der Waals surface area contributed by atoms with Crippen molar-refractivity contribution in [1.29, 1.82) is 0 Å². The lowest BCUT2D eigenvalue weighted by Gasteiger charge is -2.35. The molecule has 1 saturated heterocycles. The molecule has 0 unspecified atom stereocenters. The summed E-state index contributed by atoms with van der Waals surface area (Å²) >= 11 is 0. The number of imidazole rings is 1. The van der Waals surface area contributed by atoms with Crippen molar-refractivity contribution in [2.45, 2.75) is 26.8 Å². The normalized spacial score (nSPS) is 14.7. The van der Waals surface area contributed by atoms with E-state index in [4.69, 9.17) is 0 Å². The molecule has 0 aliphatic carbocycles. The van der Waals surface area contributed by atoms with E-state index in [2.05, 4.69) is 9.55 Å². The van der Waals surface area contributed by atoms with Crippen molar-refractivity contribution in [1.82, 2.24) is 14.5 Å². The van der Waals surface area contributed by atoms with Crippen LogP contribution in [0.1, 0.15) is 17.8 Å². The molecule has 2 aromatic carbocycles. The second-order valence-electron chi connectivity index (χ2n) is 7.20. The molecule has 0 atom stereocenters. The fourth-order valence-electron chi connectivity index (χ4n) is 3.85. The Hall–Kier alpha value is -3.15. The van der Waals surface area contributed by atoms with Crippen molar-refractivity contribution in [3.05, 3.63) is 59.9 Å². The van der Waals surface area contributed by atoms with E-state index in [1.807, 2.05) is 62.4 Å². The Morgan fingerprint density at radius 1 is 1.04 bits per heavy atom. The van der Waals surface area contributed by atoms with Crippen molar-refractivity contribution in [3.63, 3.8) is 0 Å². The van der Waals surface area contributed by atoms with Crippen LogP contribution in [0.15, 0.2) is 48.5 Å². The van der Waals surface area contributed by atoms with Crippen LogP contribution in [0.5, 0.6) is 0 Å². The van der Waals surface area contributed by atoms with Gasteiger partial charge in [-0.2, -0.15) is 0 Å². The molecular weight excluding hydrogens is 352 g/mol. The molecule has 28 heavy (non-hydrogen) atoms. The van der Waals surface area contributed by atoms with E-state index in [0.717, 1.165) is 28.1 Å². The molecule has 1 aliphatic rings. The van der Waals surface area contributed by atoms with Gasteiger partial charge < -0.3 is 14.4 Å². The Morgan fingerprint density at radius 2 is 1.79 bits per heavy atom. The first-order valence-electron chi connectivity index (χ1n) is 9.60. The largest absolute Gasteiger partial charge is 0.332 e. The Labute approximate surface area is 164 Å². The van der Waals surface area contributed by atoms with Crippen molar-refractivity contribution < 1.29 is 9.59 Å². The van der Waals surface area contributed by atoms with Crippen LogP contribution in [0, 0.1) is 13.8 Å². The van der Waals surface area contributed by atoms with Gasteiger partial charge in [0.1, 0.15) is 12.4 Å². The average Bonchev–Trinajstić information content (AvgIpc) is 3.02. The molecule has 1 fully saturated rings. The summed E-state index contributed by atoms with van der Waals surface area (Å²) in [7, 11) is 0. The fourth-order valence-corrected chi connectivity index (χ4v) is 3.85. The number of amides is 2. The van der Waals surface area contributed by atoms with Crippen LogP contribution in [0.3, 0.4) is 0 Å². The average molecular weight is 376 g/mol. The SMILES string of the molecule is Cc1ccccc1N1CCN(C(=O)CCn2c(C)nc3ccccc32)CC1=O. The zero-order valence-electron chi connectivity index (χ0n) is 16.3. The van der Waals surface area contributed by atoms with Crippen LogP contribution in [-0.4, -0.2) is 45.9 Å². The molecule has 1 aromatic heterocycles. The monoisotopic (exact) mass is 376 g/mol. The molecule has 2 heterocycles. The zero-order chi connectivity index (χ0) is 19.7. The van der Waals surface area contributed by atoms with Gasteiger partial charge in [-0.1, -0.05) is 30.3 Å². The molecule has 0 N–H and O–H groups in total. The number of rotatable bonds is 4. The summed E-state index contributed by atoms with van der Waals surface area (Å²) in [6, 6.07) is 15.8. The number of para-hydroxylation sites is 3. The number of fused-ring (bicyclic) bond motifs is 1. The summed E-state index contributed by atoms with van der Waals surface area (Å²) in [5.41, 5.74) is 3.97. The number of anilines is 1. The first-order chi connectivity index (χ1) is 13.5. The third-order valence-electron chi connectivity index (χ3n) is 5.37. The molecular formula is C22H24N4O2. The Balaban J connectivity index is 1.41. The maximum Gasteiger partial charge on any atom is 0.246 e. The van der Waals surface area contributed by atoms with Gasteiger partial charge in [-0.25, -0.2) is 4.98 Å². The van der Waals surface area contributed by atoms with Gasteiger partial charge in [0.25, 0.3) is 0 Å². The number of aromatic nitrogens is 2. The molecule has 4 rings (SSSR count). The smallest absolute Gasteiger partial charge is 0.246 e. The molecule has 144 valence electrons. The number of carbonyl (C=O) groups is 2. The summed E-state index contributed by atoms with van der Waals surface area (Å²) in [6.07, 6.45) is 0.360. The van der Waals surface area contributed by atoms with Crippen LogP contribution in [0.2, 0.25) is 0 Å². The molecule has 0 radical (unpaired) electrons. The molecule has 6 nitrogen and oxygen atoms in total. The number of carbonyl (C=O) groups excluding carboxylic acids is 2. The van der Waals surface area contributed by atoms with Crippen molar-refractivity contribution in [3.8, 4) is 0 Å². The highest BCUT2D eigenvalue weighted by molar-refractivity contribution is 5.98. The fraction of sp³-hybridized carbons (Fsp3) is 0.318. The minimum atomic E-state index is -0.0295. The van der Waals surface area contributed by atoms with E-state index in [0.29, 0.717) is 26.1 Å². The first kappa shape index (κ1) is 18.2. The highest BCUT2D eigenvalue weighted by Crippen LogP contribution is 2.22. The quantitative estimate of drug-likeness (QED) is 0.703. The third-order valence-corrected chi connectivity index (χ3v) is 5.37. The molecule has 6 heteroatoms. The van der Waals surface area contributed by atoms with Crippen molar-refractivity contribution in [2.75, 3.05) is 24.5 Å². The van der Waals surface area contributed by atoms with Crippen LogP contribution >= 0.6 is 0 Å². The lowest BCUT2D eigenvalue weighted by atomic mass is 10.1. The predicted molar refractivity (Wildman–Crippen MR) is 109 cm³/mol. The Bertz CT molecular complexity index is 1040. The minimum absolute atomic E-state index is 0.00923. The maximum absolute atomic E-state index is 12.7. The highest BCUT2D eigenvalue weighted by atomic mass is 16.2. The summed E-state index contributed by atoms with van der Waals surface area (Å²) in [5.74, 6) is 0.877. The van der Waals surface area contributed by atoms with E-state index >= 15 is 0 Å². The highest BCUT2D eigenvalue weighted by Gasteiger charge is 2.28. The van der Waals surface area contributed by atoms with Gasteiger partial charge in [0, 0.05) is 31.7 Å². The van der Waals surface area contributed by atoms with Crippen LogP contribution in [0.25, 0.3) is 11.0 Å². The van der Waals surface area contributed by atoms with E-state index in [9.17, 15) is 9.59 Å².